The molecule has 0 radical (unpaired) electrons. The Morgan fingerprint density at radius 1 is 1.33 bits per heavy atom. The van der Waals surface area contributed by atoms with E-state index in [2.05, 4.69) is 4.98 Å². The second-order valence-corrected chi connectivity index (χ2v) is 3.11. The van der Waals surface area contributed by atoms with Crippen molar-refractivity contribution in [1.29, 1.82) is 0 Å². The summed E-state index contributed by atoms with van der Waals surface area (Å²) >= 11 is 0. The predicted octanol–water partition coefficient (Wildman–Crippen LogP) is 2.17. The second kappa shape index (κ2) is 3.45. The molecular formula is C10H9N3O2. The van der Waals surface area contributed by atoms with Gasteiger partial charge in [0.05, 0.1) is 4.92 Å². The van der Waals surface area contributed by atoms with E-state index in [4.69, 9.17) is 5.73 Å². The topological polar surface area (TPSA) is 85.0 Å². The van der Waals surface area contributed by atoms with Gasteiger partial charge in [0.2, 0.25) is 0 Å². The standard InChI is InChI=1S/C10H9N3O2/c11-8-6-7(9-2-1-5-12-9)3-4-10(8)13(14)15/h1-6,12H,11H2. The minimum Gasteiger partial charge on any atom is -0.393 e. The van der Waals surface area contributed by atoms with E-state index in [0.717, 1.165) is 11.3 Å². The average Bonchev–Trinajstić information content (AvgIpc) is 2.69. The van der Waals surface area contributed by atoms with E-state index >= 15 is 0 Å². The van der Waals surface area contributed by atoms with Crippen LogP contribution in [0.5, 0.6) is 0 Å². The van der Waals surface area contributed by atoms with Gasteiger partial charge in [-0.1, -0.05) is 0 Å². The molecule has 0 amide bonds. The molecule has 0 bridgehead atoms. The van der Waals surface area contributed by atoms with Crippen LogP contribution in [0.4, 0.5) is 11.4 Å². The molecule has 5 nitrogen and oxygen atoms in total. The van der Waals surface area contributed by atoms with Crippen LogP contribution in [0.2, 0.25) is 0 Å². The number of nitro groups is 1. The molecule has 0 saturated heterocycles. The minimum atomic E-state index is -0.492. The van der Waals surface area contributed by atoms with Gasteiger partial charge in [0.15, 0.2) is 0 Å². The van der Waals surface area contributed by atoms with Crippen molar-refractivity contribution in [3.8, 4) is 11.3 Å². The quantitative estimate of drug-likeness (QED) is 0.445. The van der Waals surface area contributed by atoms with Crippen molar-refractivity contribution in [1.82, 2.24) is 4.98 Å². The third-order valence-corrected chi connectivity index (χ3v) is 2.13. The smallest absolute Gasteiger partial charge is 0.292 e. The maximum atomic E-state index is 10.5. The molecular weight excluding hydrogens is 194 g/mol. The van der Waals surface area contributed by atoms with Gasteiger partial charge in [0.25, 0.3) is 5.69 Å². The third-order valence-electron chi connectivity index (χ3n) is 2.13. The molecule has 0 spiro atoms. The molecule has 0 aliphatic heterocycles. The summed E-state index contributed by atoms with van der Waals surface area (Å²) in [7, 11) is 0. The van der Waals surface area contributed by atoms with Crippen LogP contribution in [0, 0.1) is 10.1 Å². The van der Waals surface area contributed by atoms with E-state index < -0.39 is 4.92 Å². The van der Waals surface area contributed by atoms with Gasteiger partial charge >= 0.3 is 0 Å². The first kappa shape index (κ1) is 9.26. The maximum Gasteiger partial charge on any atom is 0.292 e. The minimum absolute atomic E-state index is 0.0645. The fourth-order valence-electron chi connectivity index (χ4n) is 1.40. The fraction of sp³-hybridized carbons (Fsp3) is 0. The van der Waals surface area contributed by atoms with Gasteiger partial charge in [-0.15, -0.1) is 0 Å². The lowest BCUT2D eigenvalue weighted by Crippen LogP contribution is -1.95. The molecule has 2 aromatic rings. The Hall–Kier alpha value is -2.30. The van der Waals surface area contributed by atoms with Gasteiger partial charge < -0.3 is 10.7 Å². The molecule has 0 unspecified atom stereocenters. The Labute approximate surface area is 85.7 Å². The van der Waals surface area contributed by atoms with E-state index in [-0.39, 0.29) is 11.4 Å². The maximum absolute atomic E-state index is 10.5. The SMILES string of the molecule is Nc1cc(-c2ccc[nH]2)ccc1[N+](=O)[O-]. The van der Waals surface area contributed by atoms with Gasteiger partial charge in [-0.25, -0.2) is 0 Å². The number of H-pyrrole nitrogens is 1. The van der Waals surface area contributed by atoms with E-state index in [0.29, 0.717) is 0 Å². The highest BCUT2D eigenvalue weighted by Crippen LogP contribution is 2.27. The van der Waals surface area contributed by atoms with Crippen LogP contribution in [0.3, 0.4) is 0 Å². The van der Waals surface area contributed by atoms with Gasteiger partial charge in [-0.3, -0.25) is 10.1 Å². The number of nitrogen functional groups attached to an aromatic ring is 1. The molecule has 1 heterocycles. The zero-order valence-electron chi connectivity index (χ0n) is 7.81. The molecule has 76 valence electrons. The molecule has 1 aromatic carbocycles. The van der Waals surface area contributed by atoms with Crippen LogP contribution in [0.15, 0.2) is 36.5 Å². The molecule has 3 N–H and O–H groups in total. The molecule has 2 rings (SSSR count). The van der Waals surface area contributed by atoms with Crippen molar-refractivity contribution in [2.75, 3.05) is 5.73 Å². The third kappa shape index (κ3) is 1.67. The number of hydrogen-bond donors (Lipinski definition) is 2. The zero-order valence-corrected chi connectivity index (χ0v) is 7.81. The van der Waals surface area contributed by atoms with Gasteiger partial charge in [0, 0.05) is 23.5 Å². The summed E-state index contributed by atoms with van der Waals surface area (Å²) in [5, 5.41) is 10.5. The number of aromatic nitrogens is 1. The lowest BCUT2D eigenvalue weighted by Gasteiger charge is -2.00. The normalized spacial score (nSPS) is 10.1. The molecule has 15 heavy (non-hydrogen) atoms. The molecule has 5 heteroatoms. The molecule has 0 aliphatic carbocycles. The largest absolute Gasteiger partial charge is 0.393 e. The van der Waals surface area contributed by atoms with Crippen molar-refractivity contribution in [2.24, 2.45) is 0 Å². The molecule has 0 atom stereocenters. The number of anilines is 1. The van der Waals surface area contributed by atoms with Crippen molar-refractivity contribution in [3.63, 3.8) is 0 Å². The summed E-state index contributed by atoms with van der Waals surface area (Å²) in [5.74, 6) is 0. The highest BCUT2D eigenvalue weighted by Gasteiger charge is 2.11. The zero-order chi connectivity index (χ0) is 10.8. The Kier molecular flexibility index (Phi) is 2.13. The Balaban J connectivity index is 2.47. The van der Waals surface area contributed by atoms with Crippen molar-refractivity contribution in [3.05, 3.63) is 46.6 Å². The average molecular weight is 203 g/mol. The van der Waals surface area contributed by atoms with E-state index in [9.17, 15) is 10.1 Å². The lowest BCUT2D eigenvalue weighted by atomic mass is 10.1. The van der Waals surface area contributed by atoms with Crippen LogP contribution < -0.4 is 5.73 Å². The monoisotopic (exact) mass is 203 g/mol. The predicted molar refractivity (Wildman–Crippen MR) is 57.3 cm³/mol. The lowest BCUT2D eigenvalue weighted by molar-refractivity contribution is -0.383. The highest BCUT2D eigenvalue weighted by molar-refractivity contribution is 5.70. The highest BCUT2D eigenvalue weighted by atomic mass is 16.6. The van der Waals surface area contributed by atoms with Crippen molar-refractivity contribution in [2.45, 2.75) is 0 Å². The first-order valence-electron chi connectivity index (χ1n) is 4.36. The summed E-state index contributed by atoms with van der Waals surface area (Å²) in [6.45, 7) is 0. The van der Waals surface area contributed by atoms with E-state index in [1.807, 2.05) is 12.1 Å². The number of aromatic amines is 1. The summed E-state index contributed by atoms with van der Waals surface area (Å²) < 4.78 is 0. The van der Waals surface area contributed by atoms with Gasteiger partial charge in [0.1, 0.15) is 5.69 Å². The number of nitro benzene ring substituents is 1. The number of benzene rings is 1. The van der Waals surface area contributed by atoms with Crippen LogP contribution >= 0.6 is 0 Å². The van der Waals surface area contributed by atoms with Gasteiger partial charge in [-0.2, -0.15) is 0 Å². The van der Waals surface area contributed by atoms with Crippen LogP contribution in [0.25, 0.3) is 11.3 Å². The number of nitrogens with two attached hydrogens (primary N) is 1. The fourth-order valence-corrected chi connectivity index (χ4v) is 1.40. The summed E-state index contributed by atoms with van der Waals surface area (Å²) in [5.41, 5.74) is 7.40. The summed E-state index contributed by atoms with van der Waals surface area (Å²) in [6, 6.07) is 8.39. The first-order chi connectivity index (χ1) is 7.18. The Bertz CT molecular complexity index is 491. The molecule has 0 fully saturated rings. The Morgan fingerprint density at radius 3 is 2.67 bits per heavy atom. The molecule has 0 saturated carbocycles. The summed E-state index contributed by atoms with van der Waals surface area (Å²) in [6.07, 6.45) is 1.78. The summed E-state index contributed by atoms with van der Waals surface area (Å²) in [4.78, 5) is 13.0. The van der Waals surface area contributed by atoms with Crippen molar-refractivity contribution >= 4 is 11.4 Å². The number of rotatable bonds is 2. The number of hydrogen-bond acceptors (Lipinski definition) is 3. The molecule has 0 aliphatic rings. The number of nitrogens with zero attached hydrogens (tertiary/aromatic N) is 1. The van der Waals surface area contributed by atoms with Crippen LogP contribution in [-0.4, -0.2) is 9.91 Å². The van der Waals surface area contributed by atoms with E-state index in [1.54, 1.807) is 18.3 Å². The van der Waals surface area contributed by atoms with Crippen LogP contribution in [0.1, 0.15) is 0 Å². The number of nitrogens with one attached hydrogen (secondary N) is 1. The Morgan fingerprint density at radius 2 is 2.13 bits per heavy atom. The molecule has 1 aromatic heterocycles. The van der Waals surface area contributed by atoms with Crippen LogP contribution in [-0.2, 0) is 0 Å². The van der Waals surface area contributed by atoms with Gasteiger partial charge in [-0.05, 0) is 24.3 Å². The first-order valence-corrected chi connectivity index (χ1v) is 4.36. The second-order valence-electron chi connectivity index (χ2n) is 3.11. The van der Waals surface area contributed by atoms with Crippen molar-refractivity contribution < 1.29 is 4.92 Å². The van der Waals surface area contributed by atoms with E-state index in [1.165, 1.54) is 6.07 Å².